The number of carbonyl (C=O) groups excluding carboxylic acids is 1. The number of carbonyl (C=O) groups is 1. The minimum atomic E-state index is -2.51. The topological polar surface area (TPSA) is 57.2 Å². The van der Waals surface area contributed by atoms with Crippen LogP contribution >= 0.6 is 0 Å². The molecule has 6 nitrogen and oxygen atoms in total. The van der Waals surface area contributed by atoms with Crippen molar-refractivity contribution in [3.05, 3.63) is 0 Å². The molecule has 1 atom stereocenters. The van der Waals surface area contributed by atoms with E-state index >= 15 is 0 Å². The fraction of sp³-hybridized carbons (Fsp3) is 0.941. The maximum atomic E-state index is 12.4. The number of hydrogen-bond donors (Lipinski definition) is 0. The lowest BCUT2D eigenvalue weighted by Crippen LogP contribution is -2.45. The monoisotopic (exact) mass is 393 g/mol. The Kier molecular flexibility index (Phi) is 10.1. The van der Waals surface area contributed by atoms with Crippen LogP contribution in [0.25, 0.3) is 0 Å². The molecule has 0 aliphatic heterocycles. The largest absolute Gasteiger partial charge is 0.519 e. The van der Waals surface area contributed by atoms with E-state index in [1.54, 1.807) is 21.3 Å². The summed E-state index contributed by atoms with van der Waals surface area (Å²) >= 11 is 0. The molecule has 150 valence electrons. The summed E-state index contributed by atoms with van der Waals surface area (Å²) in [6, 6.07) is 0.754. The van der Waals surface area contributed by atoms with Gasteiger partial charge in [-0.05, 0) is 38.1 Å². The lowest BCUT2D eigenvalue weighted by atomic mass is 10.2. The third kappa shape index (κ3) is 7.88. The zero-order valence-electron chi connectivity index (χ0n) is 17.9. The van der Waals surface area contributed by atoms with Gasteiger partial charge in [0.05, 0.1) is 5.92 Å². The number of nitrogens with zero attached hydrogens (tertiary/aromatic N) is 1. The molecule has 0 saturated heterocycles. The van der Waals surface area contributed by atoms with Crippen molar-refractivity contribution in [2.24, 2.45) is 5.92 Å². The van der Waals surface area contributed by atoms with Gasteiger partial charge in [0.25, 0.3) is 14.3 Å². The van der Waals surface area contributed by atoms with Crippen molar-refractivity contribution in [2.75, 3.05) is 41.5 Å². The first-order valence-electron chi connectivity index (χ1n) is 8.91. The predicted molar refractivity (Wildman–Crippen MR) is 106 cm³/mol. The van der Waals surface area contributed by atoms with Crippen LogP contribution < -0.4 is 0 Å². The summed E-state index contributed by atoms with van der Waals surface area (Å²) in [5.41, 5.74) is 0. The average Bonchev–Trinajstić information content (AvgIpc) is 2.50. The minimum absolute atomic E-state index is 0.0305. The molecule has 0 N–H and O–H groups in total. The van der Waals surface area contributed by atoms with Gasteiger partial charge in [0, 0.05) is 33.9 Å². The highest BCUT2D eigenvalue weighted by Crippen LogP contribution is 2.37. The minimum Gasteiger partial charge on any atom is -0.519 e. The van der Waals surface area contributed by atoms with E-state index in [4.69, 9.17) is 17.7 Å². The van der Waals surface area contributed by atoms with Crippen LogP contribution in [0.15, 0.2) is 0 Å². The Balaban J connectivity index is 4.42. The molecule has 0 aromatic heterocycles. The zero-order chi connectivity index (χ0) is 19.9. The second-order valence-corrected chi connectivity index (χ2v) is 16.1. The maximum absolute atomic E-state index is 12.4. The first-order chi connectivity index (χ1) is 11.3. The zero-order valence-corrected chi connectivity index (χ0v) is 19.9. The van der Waals surface area contributed by atoms with Gasteiger partial charge in [-0.2, -0.15) is 0 Å². The van der Waals surface area contributed by atoms with E-state index in [1.165, 1.54) is 0 Å². The van der Waals surface area contributed by atoms with Crippen molar-refractivity contribution >= 4 is 23.1 Å². The van der Waals surface area contributed by atoms with Crippen LogP contribution in [0, 0.1) is 5.92 Å². The van der Waals surface area contributed by atoms with Crippen molar-refractivity contribution in [1.29, 1.82) is 0 Å². The maximum Gasteiger partial charge on any atom is 0.500 e. The Hall–Kier alpha value is -0.256. The summed E-state index contributed by atoms with van der Waals surface area (Å²) in [7, 11) is 2.33. The second-order valence-electron chi connectivity index (χ2n) is 8.24. The van der Waals surface area contributed by atoms with Crippen molar-refractivity contribution in [2.45, 2.75) is 58.3 Å². The summed E-state index contributed by atoms with van der Waals surface area (Å²) < 4.78 is 22.2. The molecule has 8 heteroatoms. The fourth-order valence-corrected chi connectivity index (χ4v) is 4.97. The van der Waals surface area contributed by atoms with Gasteiger partial charge in [-0.15, -0.1) is 0 Å². The first kappa shape index (κ1) is 24.7. The van der Waals surface area contributed by atoms with Gasteiger partial charge in [-0.1, -0.05) is 27.7 Å². The summed E-state index contributed by atoms with van der Waals surface area (Å²) in [6.07, 6.45) is 0.891. The van der Waals surface area contributed by atoms with Crippen LogP contribution in [0.5, 0.6) is 0 Å². The van der Waals surface area contributed by atoms with Gasteiger partial charge >= 0.3 is 8.80 Å². The van der Waals surface area contributed by atoms with Crippen LogP contribution in [0.1, 0.15) is 34.1 Å². The van der Waals surface area contributed by atoms with E-state index in [2.05, 4.69) is 38.8 Å². The van der Waals surface area contributed by atoms with E-state index in [-0.39, 0.29) is 16.9 Å². The van der Waals surface area contributed by atoms with Crippen LogP contribution in [0.2, 0.25) is 24.2 Å². The highest BCUT2D eigenvalue weighted by atomic mass is 28.4. The van der Waals surface area contributed by atoms with E-state index < -0.39 is 17.1 Å². The van der Waals surface area contributed by atoms with Crippen LogP contribution in [0.3, 0.4) is 0 Å². The molecule has 0 rings (SSSR count). The van der Waals surface area contributed by atoms with Crippen LogP contribution in [0.4, 0.5) is 0 Å². The van der Waals surface area contributed by atoms with E-state index in [9.17, 15) is 4.79 Å². The molecule has 25 heavy (non-hydrogen) atoms. The van der Waals surface area contributed by atoms with Crippen LogP contribution in [-0.2, 0) is 22.5 Å². The van der Waals surface area contributed by atoms with E-state index in [1.807, 2.05) is 14.0 Å². The Morgan fingerprint density at radius 2 is 1.56 bits per heavy atom. The standard InChI is InChI=1S/C17H39NO5Si2/c1-15(16(19)23-24(9,10)17(2,3)4)14-18(5)12-11-13-25(20-6,21-7)22-8/h15H,11-14H2,1-10H3. The Labute approximate surface area is 156 Å². The molecule has 0 aromatic carbocycles. The average molecular weight is 394 g/mol. The normalized spacial score (nSPS) is 14.7. The molecule has 0 saturated carbocycles. The second kappa shape index (κ2) is 10.2. The summed E-state index contributed by atoms with van der Waals surface area (Å²) in [4.78, 5) is 14.6. The van der Waals surface area contributed by atoms with Gasteiger partial charge in [-0.25, -0.2) is 0 Å². The molecular formula is C17H39NO5Si2. The molecule has 0 spiro atoms. The molecule has 0 heterocycles. The quantitative estimate of drug-likeness (QED) is 0.502. The van der Waals surface area contributed by atoms with Crippen molar-refractivity contribution in [3.63, 3.8) is 0 Å². The van der Waals surface area contributed by atoms with E-state index in [0.29, 0.717) is 6.54 Å². The Morgan fingerprint density at radius 1 is 1.08 bits per heavy atom. The molecular weight excluding hydrogens is 354 g/mol. The molecule has 0 bridgehead atoms. The Bertz CT molecular complexity index is 400. The van der Waals surface area contributed by atoms with Crippen molar-refractivity contribution in [3.8, 4) is 0 Å². The highest BCUT2D eigenvalue weighted by molar-refractivity contribution is 6.75. The lowest BCUT2D eigenvalue weighted by molar-refractivity contribution is -0.140. The SMILES string of the molecule is CO[Si](CCCN(C)CC(C)C(=O)O[Si](C)(C)C(C)(C)C)(OC)OC. The van der Waals surface area contributed by atoms with Gasteiger partial charge < -0.3 is 22.6 Å². The van der Waals surface area contributed by atoms with Crippen LogP contribution in [-0.4, -0.2) is 69.5 Å². The number of hydrogen-bond acceptors (Lipinski definition) is 6. The molecule has 0 fully saturated rings. The third-order valence-corrected chi connectivity index (χ3v) is 12.3. The molecule has 0 aliphatic rings. The van der Waals surface area contributed by atoms with Gasteiger partial charge in [0.15, 0.2) is 0 Å². The molecule has 0 amide bonds. The molecule has 0 aliphatic carbocycles. The van der Waals surface area contributed by atoms with Gasteiger partial charge in [0.2, 0.25) is 0 Å². The van der Waals surface area contributed by atoms with Gasteiger partial charge in [0.1, 0.15) is 0 Å². The fourth-order valence-electron chi connectivity index (χ4n) is 2.26. The van der Waals surface area contributed by atoms with Crippen molar-refractivity contribution in [1.82, 2.24) is 4.90 Å². The lowest BCUT2D eigenvalue weighted by Gasteiger charge is -2.36. The highest BCUT2D eigenvalue weighted by Gasteiger charge is 2.41. The molecule has 0 aromatic rings. The summed E-state index contributed by atoms with van der Waals surface area (Å²) in [5.74, 6) is -0.235. The van der Waals surface area contributed by atoms with Crippen molar-refractivity contribution < 1.29 is 22.5 Å². The predicted octanol–water partition coefficient (Wildman–Crippen LogP) is 3.37. The summed E-state index contributed by atoms with van der Waals surface area (Å²) in [5, 5.41) is 0.0305. The molecule has 1 unspecified atom stereocenters. The third-order valence-electron chi connectivity index (χ3n) is 5.11. The summed E-state index contributed by atoms with van der Waals surface area (Å²) in [6.45, 7) is 14.1. The van der Waals surface area contributed by atoms with Gasteiger partial charge in [-0.3, -0.25) is 4.79 Å². The Morgan fingerprint density at radius 3 is 1.96 bits per heavy atom. The smallest absolute Gasteiger partial charge is 0.500 e. The molecule has 0 radical (unpaired) electrons. The first-order valence-corrected chi connectivity index (χ1v) is 13.7. The number of rotatable bonds is 11. The van der Waals surface area contributed by atoms with E-state index in [0.717, 1.165) is 19.0 Å².